The molecule has 1 aromatic heterocycles. The van der Waals surface area contributed by atoms with Gasteiger partial charge in [-0.2, -0.15) is 4.98 Å². The highest BCUT2D eigenvalue weighted by molar-refractivity contribution is 8.00. The first kappa shape index (κ1) is 13.1. The van der Waals surface area contributed by atoms with Crippen LogP contribution in [0.5, 0.6) is 0 Å². The zero-order chi connectivity index (χ0) is 12.8. The van der Waals surface area contributed by atoms with Gasteiger partial charge in [-0.25, -0.2) is 10.8 Å². The Balaban J connectivity index is 2.93. The highest BCUT2D eigenvalue weighted by Crippen LogP contribution is 2.26. The fourth-order valence-electron chi connectivity index (χ4n) is 0.847. The number of hydrogen-bond donors (Lipinski definition) is 2. The lowest BCUT2D eigenvalue weighted by Gasteiger charge is -2.03. The zero-order valence-corrected chi connectivity index (χ0v) is 9.56. The van der Waals surface area contributed by atoms with Crippen molar-refractivity contribution in [2.24, 2.45) is 5.84 Å². The molecule has 0 aliphatic heterocycles. The molecule has 1 rings (SSSR count). The van der Waals surface area contributed by atoms with Gasteiger partial charge < -0.3 is 4.74 Å². The number of nitrogen functional groups attached to an aromatic ring is 1. The molecule has 0 fully saturated rings. The lowest BCUT2D eigenvalue weighted by molar-refractivity contribution is -0.388. The maximum Gasteiger partial charge on any atom is 0.319 e. The Kier molecular flexibility index (Phi) is 4.60. The predicted molar refractivity (Wildman–Crippen MR) is 59.2 cm³/mol. The van der Waals surface area contributed by atoms with Crippen molar-refractivity contribution in [1.82, 2.24) is 9.97 Å². The molecule has 0 aliphatic carbocycles. The van der Waals surface area contributed by atoms with Crippen LogP contribution in [0.1, 0.15) is 0 Å². The molecule has 0 radical (unpaired) electrons. The molecule has 0 atom stereocenters. The highest BCUT2D eigenvalue weighted by atomic mass is 32.2. The second-order valence-electron chi connectivity index (χ2n) is 2.65. The zero-order valence-electron chi connectivity index (χ0n) is 8.74. The van der Waals surface area contributed by atoms with E-state index in [0.717, 1.165) is 18.0 Å². The first-order valence-corrected chi connectivity index (χ1v) is 5.24. The Morgan fingerprint density at radius 1 is 1.76 bits per heavy atom. The van der Waals surface area contributed by atoms with Gasteiger partial charge >= 0.3 is 11.7 Å². The minimum absolute atomic E-state index is 0.0305. The Bertz CT molecular complexity index is 440. The van der Waals surface area contributed by atoms with Gasteiger partial charge in [0.25, 0.3) is 0 Å². The molecule has 17 heavy (non-hydrogen) atoms. The molecule has 0 aromatic carbocycles. The van der Waals surface area contributed by atoms with Crippen LogP contribution in [0.15, 0.2) is 11.2 Å². The molecular formula is C7H9N5O4S. The maximum absolute atomic E-state index is 10.9. The summed E-state index contributed by atoms with van der Waals surface area (Å²) in [7, 11) is 1.23. The van der Waals surface area contributed by atoms with E-state index in [0.29, 0.717) is 0 Å². The Morgan fingerprint density at radius 3 is 3.00 bits per heavy atom. The average molecular weight is 259 g/mol. The fourth-order valence-corrected chi connectivity index (χ4v) is 1.65. The fraction of sp³-hybridized carbons (Fsp3) is 0.286. The van der Waals surface area contributed by atoms with Gasteiger partial charge in [0.1, 0.15) is 6.20 Å². The van der Waals surface area contributed by atoms with E-state index >= 15 is 0 Å². The topological polar surface area (TPSA) is 133 Å². The molecule has 0 aliphatic rings. The van der Waals surface area contributed by atoms with Gasteiger partial charge in [0.2, 0.25) is 5.95 Å². The van der Waals surface area contributed by atoms with E-state index in [-0.39, 0.29) is 22.4 Å². The Hall–Kier alpha value is -1.94. The van der Waals surface area contributed by atoms with Gasteiger partial charge in [-0.1, -0.05) is 11.8 Å². The van der Waals surface area contributed by atoms with Crippen LogP contribution in [0.25, 0.3) is 0 Å². The van der Waals surface area contributed by atoms with E-state index in [1.54, 1.807) is 0 Å². The van der Waals surface area contributed by atoms with Crippen molar-refractivity contribution in [3.63, 3.8) is 0 Å². The average Bonchev–Trinajstić information content (AvgIpc) is 2.35. The number of rotatable bonds is 5. The molecule has 1 aromatic rings. The number of aromatic nitrogens is 2. The van der Waals surface area contributed by atoms with Crippen LogP contribution in [0.2, 0.25) is 0 Å². The minimum atomic E-state index is -0.639. The third kappa shape index (κ3) is 3.53. The smallest absolute Gasteiger partial charge is 0.319 e. The van der Waals surface area contributed by atoms with Crippen LogP contribution in [-0.2, 0) is 9.53 Å². The Morgan fingerprint density at radius 2 is 2.47 bits per heavy atom. The van der Waals surface area contributed by atoms with E-state index in [2.05, 4.69) is 20.1 Å². The van der Waals surface area contributed by atoms with Crippen molar-refractivity contribution in [3.05, 3.63) is 16.3 Å². The van der Waals surface area contributed by atoms with E-state index in [1.165, 1.54) is 7.11 Å². The first-order valence-electron chi connectivity index (χ1n) is 4.26. The van der Waals surface area contributed by atoms with E-state index in [4.69, 9.17) is 5.84 Å². The van der Waals surface area contributed by atoms with Crippen LogP contribution >= 0.6 is 11.8 Å². The quantitative estimate of drug-likeness (QED) is 0.186. The number of nitrogens with zero attached hydrogens (tertiary/aromatic N) is 3. The molecule has 1 heterocycles. The summed E-state index contributed by atoms with van der Waals surface area (Å²) in [5, 5.41) is 10.7. The number of hydrogen-bond acceptors (Lipinski definition) is 9. The number of nitrogens with one attached hydrogen (secondary N) is 1. The molecule has 0 bridgehead atoms. The molecule has 10 heteroatoms. The number of carbonyl (C=O) groups is 1. The number of nitro groups is 1. The molecule has 0 spiro atoms. The summed E-state index contributed by atoms with van der Waals surface area (Å²) in [4.78, 5) is 28.4. The maximum atomic E-state index is 10.9. The molecular weight excluding hydrogens is 250 g/mol. The van der Waals surface area contributed by atoms with Crippen molar-refractivity contribution in [1.29, 1.82) is 0 Å². The lowest BCUT2D eigenvalue weighted by atomic mass is 10.5. The van der Waals surface area contributed by atoms with Gasteiger partial charge in [-0.3, -0.25) is 20.3 Å². The summed E-state index contributed by atoms with van der Waals surface area (Å²) in [5.41, 5.74) is 1.87. The number of thioether (sulfide) groups is 1. The number of anilines is 1. The first-order chi connectivity index (χ1) is 8.08. The number of ether oxygens (including phenoxy) is 1. The van der Waals surface area contributed by atoms with E-state index in [1.807, 2.05) is 0 Å². The number of carbonyl (C=O) groups excluding carboxylic acids is 1. The standard InChI is InChI=1S/C7H9N5O4S/c1-16-5(13)3-17-6-4(12(14)15)2-9-7(10-6)11-8/h2H,3,8H2,1H3,(H,9,10,11). The van der Waals surface area contributed by atoms with Crippen LogP contribution in [-0.4, -0.2) is 33.7 Å². The monoisotopic (exact) mass is 259 g/mol. The lowest BCUT2D eigenvalue weighted by Crippen LogP contribution is -2.12. The Labute approximate surface area is 99.9 Å². The summed E-state index contributed by atoms with van der Waals surface area (Å²) in [5.74, 6) is 4.52. The third-order valence-electron chi connectivity index (χ3n) is 1.62. The van der Waals surface area contributed by atoms with Crippen LogP contribution in [0.3, 0.4) is 0 Å². The van der Waals surface area contributed by atoms with Gasteiger partial charge in [0.15, 0.2) is 5.03 Å². The normalized spacial score (nSPS) is 9.76. The van der Waals surface area contributed by atoms with Crippen molar-refractivity contribution in [3.8, 4) is 0 Å². The predicted octanol–water partition coefficient (Wildman–Crippen LogP) is -0.0645. The van der Waals surface area contributed by atoms with Crippen LogP contribution in [0.4, 0.5) is 11.6 Å². The van der Waals surface area contributed by atoms with Crippen LogP contribution in [0, 0.1) is 10.1 Å². The molecule has 3 N–H and O–H groups in total. The van der Waals surface area contributed by atoms with Gasteiger partial charge in [-0.05, 0) is 0 Å². The number of nitrogens with two attached hydrogens (primary N) is 1. The number of esters is 1. The van der Waals surface area contributed by atoms with Gasteiger partial charge in [0, 0.05) is 0 Å². The third-order valence-corrected chi connectivity index (χ3v) is 2.57. The van der Waals surface area contributed by atoms with Crippen molar-refractivity contribution >= 4 is 29.4 Å². The van der Waals surface area contributed by atoms with Crippen molar-refractivity contribution < 1.29 is 14.5 Å². The highest BCUT2D eigenvalue weighted by Gasteiger charge is 2.18. The molecule has 0 saturated heterocycles. The van der Waals surface area contributed by atoms with Crippen molar-refractivity contribution in [2.75, 3.05) is 18.3 Å². The summed E-state index contributed by atoms with van der Waals surface area (Å²) >= 11 is 0.875. The van der Waals surface area contributed by atoms with E-state index < -0.39 is 10.9 Å². The second-order valence-corrected chi connectivity index (χ2v) is 3.61. The number of methoxy groups -OCH3 is 1. The molecule has 0 amide bonds. The molecule has 92 valence electrons. The largest absolute Gasteiger partial charge is 0.468 e. The SMILES string of the molecule is COC(=O)CSc1nc(NN)ncc1[N+](=O)[O-]. The molecule has 0 unspecified atom stereocenters. The molecule has 0 saturated carbocycles. The number of hydrazine groups is 1. The summed E-state index contributed by atoms with van der Waals surface area (Å²) in [6.07, 6.45) is 1.02. The second kappa shape index (κ2) is 5.96. The van der Waals surface area contributed by atoms with Gasteiger partial charge in [0.05, 0.1) is 17.8 Å². The minimum Gasteiger partial charge on any atom is -0.468 e. The summed E-state index contributed by atoms with van der Waals surface area (Å²) in [6, 6.07) is 0. The summed E-state index contributed by atoms with van der Waals surface area (Å²) < 4.78 is 4.42. The van der Waals surface area contributed by atoms with Crippen LogP contribution < -0.4 is 11.3 Å². The van der Waals surface area contributed by atoms with E-state index in [9.17, 15) is 14.9 Å². The summed E-state index contributed by atoms with van der Waals surface area (Å²) in [6.45, 7) is 0. The van der Waals surface area contributed by atoms with Crippen molar-refractivity contribution in [2.45, 2.75) is 5.03 Å². The van der Waals surface area contributed by atoms with Gasteiger partial charge in [-0.15, -0.1) is 0 Å². The molecule has 9 nitrogen and oxygen atoms in total.